The van der Waals surface area contributed by atoms with Crippen LogP contribution in [-0.4, -0.2) is 90.6 Å². The van der Waals surface area contributed by atoms with Crippen molar-refractivity contribution < 1.29 is 51.9 Å². The van der Waals surface area contributed by atoms with Crippen LogP contribution in [0.4, 0.5) is 0 Å². The zero-order valence-electron chi connectivity index (χ0n) is 34.4. The summed E-state index contributed by atoms with van der Waals surface area (Å²) < 4.78 is 62.6. The maximum atomic E-state index is 12.7. The van der Waals surface area contributed by atoms with Crippen LogP contribution in [0.1, 0.15) is 63.0 Å². The summed E-state index contributed by atoms with van der Waals surface area (Å²) in [5.41, 5.74) is 3.02. The van der Waals surface area contributed by atoms with Crippen LogP contribution >= 0.6 is 0 Å². The Morgan fingerprint density at radius 1 is 0.789 bits per heavy atom. The van der Waals surface area contributed by atoms with Gasteiger partial charge in [-0.05, 0) is 47.5 Å². The summed E-state index contributed by atoms with van der Waals surface area (Å²) in [6.45, 7) is 12.6. The van der Waals surface area contributed by atoms with Gasteiger partial charge in [-0.3, -0.25) is 4.79 Å². The van der Waals surface area contributed by atoms with Gasteiger partial charge in [0, 0.05) is 18.4 Å². The van der Waals surface area contributed by atoms with E-state index in [9.17, 15) is 4.79 Å². The van der Waals surface area contributed by atoms with Gasteiger partial charge in [-0.15, -0.1) is 0 Å². The van der Waals surface area contributed by atoms with Crippen LogP contribution in [0.5, 0.6) is 5.75 Å². The van der Waals surface area contributed by atoms with Gasteiger partial charge in [0.05, 0.1) is 71.6 Å². The summed E-state index contributed by atoms with van der Waals surface area (Å²) in [7, 11) is 0.793. The maximum Gasteiger partial charge on any atom is 0.308 e. The highest BCUT2D eigenvalue weighted by Gasteiger charge is 2.47. The molecule has 0 aromatic heterocycles. The Balaban J connectivity index is 1.17. The topological polar surface area (TPSA) is 109 Å². The fourth-order valence-corrected chi connectivity index (χ4v) is 8.37. The van der Waals surface area contributed by atoms with Crippen molar-refractivity contribution in [2.75, 3.05) is 27.4 Å². The van der Waals surface area contributed by atoms with Gasteiger partial charge >= 0.3 is 5.97 Å². The lowest BCUT2D eigenvalue weighted by molar-refractivity contribution is -0.295. The van der Waals surface area contributed by atoms with Crippen LogP contribution in [-0.2, 0) is 60.3 Å². The molecule has 3 fully saturated rings. The van der Waals surface area contributed by atoms with E-state index >= 15 is 0 Å². The molecule has 6 rings (SSSR count). The second-order valence-corrected chi connectivity index (χ2v) is 21.2. The lowest BCUT2D eigenvalue weighted by Gasteiger charge is -2.48. The summed E-state index contributed by atoms with van der Waals surface area (Å²) in [5, 5.41) is -0.0204. The van der Waals surface area contributed by atoms with Gasteiger partial charge in [0.25, 0.3) is 0 Å². The first-order valence-corrected chi connectivity index (χ1v) is 22.9. The van der Waals surface area contributed by atoms with Crippen LogP contribution in [0, 0.1) is 0 Å². The minimum atomic E-state index is -2.23. The lowest BCUT2D eigenvalue weighted by Crippen LogP contribution is -2.56. The van der Waals surface area contributed by atoms with Gasteiger partial charge in [-0.1, -0.05) is 93.6 Å². The third kappa shape index (κ3) is 11.8. The van der Waals surface area contributed by atoms with Crippen LogP contribution in [0.25, 0.3) is 0 Å². The second kappa shape index (κ2) is 19.9. The molecule has 0 spiro atoms. The molecule has 0 saturated carbocycles. The molecule has 0 aliphatic carbocycles. The molecule has 0 radical (unpaired) electrons. The first kappa shape index (κ1) is 43.0. The van der Waals surface area contributed by atoms with Crippen LogP contribution in [0.2, 0.25) is 18.1 Å². The van der Waals surface area contributed by atoms with Crippen molar-refractivity contribution in [3.05, 3.63) is 114 Å². The molecule has 0 N–H and O–H groups in total. The van der Waals surface area contributed by atoms with Gasteiger partial charge in [-0.2, -0.15) is 0 Å². The predicted molar refractivity (Wildman–Crippen MR) is 217 cm³/mol. The average Bonchev–Trinajstić information content (AvgIpc) is 3.21. The average molecular weight is 805 g/mol. The largest absolute Gasteiger partial charge is 0.497 e. The Morgan fingerprint density at radius 3 is 2.12 bits per heavy atom. The van der Waals surface area contributed by atoms with Gasteiger partial charge in [0.1, 0.15) is 36.3 Å². The van der Waals surface area contributed by atoms with Crippen LogP contribution in [0.15, 0.2) is 97.3 Å². The molecule has 3 aromatic rings. The van der Waals surface area contributed by atoms with E-state index in [4.69, 9.17) is 47.1 Å². The van der Waals surface area contributed by atoms with Crippen molar-refractivity contribution in [3.8, 4) is 5.75 Å². The molecule has 3 aliphatic heterocycles. The zero-order valence-corrected chi connectivity index (χ0v) is 35.4. The normalized spacial score (nSPS) is 28.1. The number of hydrogen-bond acceptors (Lipinski definition) is 11. The van der Waals surface area contributed by atoms with Crippen molar-refractivity contribution in [2.24, 2.45) is 0 Å². The van der Waals surface area contributed by atoms with Crippen LogP contribution in [0.3, 0.4) is 0 Å². The van der Waals surface area contributed by atoms with Crippen molar-refractivity contribution in [2.45, 2.75) is 127 Å². The van der Waals surface area contributed by atoms with Crippen molar-refractivity contribution >= 4 is 14.3 Å². The Hall–Kier alpha value is -3.59. The van der Waals surface area contributed by atoms with Gasteiger partial charge in [0.15, 0.2) is 14.6 Å². The molecule has 0 bridgehead atoms. The number of carbonyl (C=O) groups is 1. The second-order valence-electron chi connectivity index (χ2n) is 16.5. The Labute approximate surface area is 338 Å². The molecule has 0 amide bonds. The summed E-state index contributed by atoms with van der Waals surface area (Å²) in [6, 6.07) is 27.7. The highest BCUT2D eigenvalue weighted by atomic mass is 28.4. The molecule has 12 heteroatoms. The minimum Gasteiger partial charge on any atom is -0.497 e. The Kier molecular flexibility index (Phi) is 15.0. The molecule has 0 unspecified atom stereocenters. The van der Waals surface area contributed by atoms with E-state index < -0.39 is 39.0 Å². The van der Waals surface area contributed by atoms with Crippen molar-refractivity contribution in [1.82, 2.24) is 0 Å². The molecular formula is C45H60O11Si. The first-order chi connectivity index (χ1) is 27.4. The number of hydrogen-bond donors (Lipinski definition) is 0. The number of carbonyl (C=O) groups excluding carboxylic acids is 1. The first-order valence-electron chi connectivity index (χ1n) is 20.0. The number of ether oxygens (including phenoxy) is 9. The highest BCUT2D eigenvalue weighted by Crippen LogP contribution is 2.42. The summed E-state index contributed by atoms with van der Waals surface area (Å²) in [4.78, 5) is 12.7. The molecule has 11 nitrogen and oxygen atoms in total. The molecule has 3 aliphatic rings. The fraction of sp³-hybridized carbons (Fsp3) is 0.533. The number of esters is 1. The SMILES string of the molecule is COC(=O)C[C@H]1O[C@@H](COCc2ccccc2)[C@H](OCc2ccccc2)C[C@@H]1O/C=C\[C@@H]1O[C@@H]2CO[C@@H](c3ccc(OC)cc3)O[C@H]2C[C@H]1O[Si](C)(C)C(C)(C)C. The molecular weight excluding hydrogens is 745 g/mol. The third-order valence-corrected chi connectivity index (χ3v) is 15.9. The highest BCUT2D eigenvalue weighted by molar-refractivity contribution is 6.74. The smallest absolute Gasteiger partial charge is 0.308 e. The quantitative estimate of drug-likeness (QED) is 0.0797. The molecule has 3 heterocycles. The summed E-state index contributed by atoms with van der Waals surface area (Å²) in [6.07, 6.45) is 0.973. The van der Waals surface area contributed by atoms with Crippen LogP contribution < -0.4 is 4.74 Å². The molecule has 310 valence electrons. The zero-order chi connectivity index (χ0) is 40.4. The van der Waals surface area contributed by atoms with E-state index in [0.29, 0.717) is 32.7 Å². The van der Waals surface area contributed by atoms with E-state index in [-0.39, 0.29) is 48.5 Å². The van der Waals surface area contributed by atoms with E-state index in [1.54, 1.807) is 13.4 Å². The minimum absolute atomic E-state index is 0.0143. The lowest BCUT2D eigenvalue weighted by atomic mass is 9.96. The predicted octanol–water partition coefficient (Wildman–Crippen LogP) is 8.08. The summed E-state index contributed by atoms with van der Waals surface area (Å²) in [5.74, 6) is 0.382. The Morgan fingerprint density at radius 2 is 1.47 bits per heavy atom. The van der Waals surface area contributed by atoms with E-state index in [2.05, 4.69) is 33.9 Å². The molecule has 57 heavy (non-hydrogen) atoms. The molecule has 3 saturated heterocycles. The van der Waals surface area contributed by atoms with E-state index in [1.807, 2.05) is 91.0 Å². The van der Waals surface area contributed by atoms with Gasteiger partial charge in [-0.25, -0.2) is 0 Å². The number of benzene rings is 3. The number of fused-ring (bicyclic) bond motifs is 1. The monoisotopic (exact) mass is 804 g/mol. The van der Waals surface area contributed by atoms with Gasteiger partial charge in [0.2, 0.25) is 0 Å². The number of rotatable bonds is 16. The Bertz CT molecular complexity index is 1700. The fourth-order valence-electron chi connectivity index (χ4n) is 7.03. The standard InChI is InChI=1S/C45H60O11Si/c1-45(2,3)57(6,7)56-40-25-38-42(30-52-44(55-38)33-18-20-34(47-4)21-19-33)53-35(40)22-23-50-36-24-37(51-28-32-16-12-9-13-17-32)41(54-39(36)26-43(46)48-5)29-49-27-31-14-10-8-11-15-31/h8-23,35-42,44H,24-30H2,1-7H3/b23-22-/t35-,36-,37+,38-,39+,40+,41-,42+,44+/m0/s1. The summed E-state index contributed by atoms with van der Waals surface area (Å²) >= 11 is 0. The maximum absolute atomic E-state index is 12.7. The molecule has 3 aromatic carbocycles. The number of methoxy groups -OCH3 is 2. The molecule has 9 atom stereocenters. The van der Waals surface area contributed by atoms with E-state index in [0.717, 1.165) is 22.4 Å². The van der Waals surface area contributed by atoms with E-state index in [1.165, 1.54) is 7.11 Å². The third-order valence-electron chi connectivity index (χ3n) is 11.4. The van der Waals surface area contributed by atoms with Gasteiger partial charge < -0.3 is 47.1 Å². The van der Waals surface area contributed by atoms with Crippen molar-refractivity contribution in [3.63, 3.8) is 0 Å². The van der Waals surface area contributed by atoms with Crippen molar-refractivity contribution in [1.29, 1.82) is 0 Å².